The van der Waals surface area contributed by atoms with E-state index in [0.29, 0.717) is 30.9 Å². The highest BCUT2D eigenvalue weighted by Gasteiger charge is 2.37. The second kappa shape index (κ2) is 8.74. The lowest BCUT2D eigenvalue weighted by Gasteiger charge is -2.40. The van der Waals surface area contributed by atoms with Gasteiger partial charge in [0, 0.05) is 23.8 Å². The Morgan fingerprint density at radius 3 is 2.50 bits per heavy atom. The molecule has 1 amide bonds. The van der Waals surface area contributed by atoms with Crippen LogP contribution >= 0.6 is 0 Å². The number of nitrogens with zero attached hydrogens (tertiary/aromatic N) is 4. The largest absolute Gasteiger partial charge is 0.478 e. The number of rotatable bonds is 6. The number of piperidine rings is 1. The van der Waals surface area contributed by atoms with Gasteiger partial charge in [0.1, 0.15) is 0 Å². The summed E-state index contributed by atoms with van der Waals surface area (Å²) in [5.41, 5.74) is 4.10. The van der Waals surface area contributed by atoms with Crippen LogP contribution < -0.4 is 0 Å². The highest BCUT2D eigenvalue weighted by Crippen LogP contribution is 2.40. The average Bonchev–Trinajstić information content (AvgIpc) is 3.31. The minimum Gasteiger partial charge on any atom is -0.478 e. The maximum atomic E-state index is 12.9. The zero-order valence-electron chi connectivity index (χ0n) is 18.1. The number of H-pyrrole nitrogens is 1. The number of carboxylic acids is 1. The second-order valence-corrected chi connectivity index (χ2v) is 8.45. The van der Waals surface area contributed by atoms with E-state index in [4.69, 9.17) is 0 Å². The monoisotopic (exact) mass is 431 g/mol. The number of benzene rings is 2. The molecule has 2 N–H and O–H groups in total. The summed E-state index contributed by atoms with van der Waals surface area (Å²) in [5.74, 6) is -0.558. The first-order valence-electron chi connectivity index (χ1n) is 10.5. The van der Waals surface area contributed by atoms with Crippen LogP contribution in [-0.2, 0) is 16.1 Å². The summed E-state index contributed by atoms with van der Waals surface area (Å²) >= 11 is 0. The Balaban J connectivity index is 1.59. The van der Waals surface area contributed by atoms with Gasteiger partial charge in [0.05, 0.1) is 6.54 Å². The molecule has 1 atom stereocenters. The van der Waals surface area contributed by atoms with Crippen LogP contribution in [0.25, 0.3) is 22.5 Å². The van der Waals surface area contributed by atoms with E-state index in [1.165, 1.54) is 6.08 Å². The molecule has 1 fully saturated rings. The van der Waals surface area contributed by atoms with E-state index in [-0.39, 0.29) is 11.3 Å². The molecule has 1 aromatic heterocycles. The Hall–Kier alpha value is -3.81. The number of tetrazole rings is 1. The van der Waals surface area contributed by atoms with Gasteiger partial charge in [-0.15, -0.1) is 10.2 Å². The van der Waals surface area contributed by atoms with Crippen molar-refractivity contribution in [3.63, 3.8) is 0 Å². The molecule has 1 saturated heterocycles. The number of likely N-dealkylation sites (tertiary alicyclic amines) is 1. The zero-order chi connectivity index (χ0) is 22.7. The third kappa shape index (κ3) is 4.44. The Morgan fingerprint density at radius 2 is 1.88 bits per heavy atom. The van der Waals surface area contributed by atoms with Crippen LogP contribution in [0.4, 0.5) is 0 Å². The molecule has 164 valence electrons. The van der Waals surface area contributed by atoms with Crippen LogP contribution in [-0.4, -0.2) is 42.5 Å². The van der Waals surface area contributed by atoms with E-state index in [1.54, 1.807) is 4.90 Å². The molecule has 0 spiro atoms. The lowest BCUT2D eigenvalue weighted by atomic mass is 9.76. The number of hydrogen-bond donors (Lipinski definition) is 2. The molecule has 8 nitrogen and oxygen atoms in total. The van der Waals surface area contributed by atoms with Crippen LogP contribution in [0, 0.1) is 5.41 Å². The van der Waals surface area contributed by atoms with Crippen molar-refractivity contribution in [2.75, 3.05) is 0 Å². The molecule has 1 aliphatic heterocycles. The fourth-order valence-corrected chi connectivity index (χ4v) is 4.11. The Morgan fingerprint density at radius 1 is 1.16 bits per heavy atom. The molecule has 1 unspecified atom stereocenters. The highest BCUT2D eigenvalue weighted by molar-refractivity contribution is 5.85. The smallest absolute Gasteiger partial charge is 0.330 e. The maximum Gasteiger partial charge on any atom is 0.330 e. The average molecular weight is 431 g/mol. The van der Waals surface area contributed by atoms with Gasteiger partial charge in [-0.2, -0.15) is 5.21 Å². The molecule has 1 aliphatic rings. The molecular weight excluding hydrogens is 406 g/mol. The van der Waals surface area contributed by atoms with Gasteiger partial charge in [-0.05, 0) is 40.2 Å². The van der Waals surface area contributed by atoms with Crippen molar-refractivity contribution in [2.45, 2.75) is 39.7 Å². The molecule has 4 rings (SSSR count). The maximum absolute atomic E-state index is 12.9. The van der Waals surface area contributed by atoms with E-state index in [1.807, 2.05) is 62.4 Å². The van der Waals surface area contributed by atoms with Gasteiger partial charge in [-0.25, -0.2) is 4.79 Å². The van der Waals surface area contributed by atoms with Crippen molar-refractivity contribution in [1.82, 2.24) is 25.5 Å². The van der Waals surface area contributed by atoms with Gasteiger partial charge in [0.2, 0.25) is 11.7 Å². The number of carboxylic acid groups (broad SMARTS) is 1. The number of aromatic amines is 1. The molecule has 3 aromatic rings. The Bertz CT molecular complexity index is 1150. The number of amides is 1. The van der Waals surface area contributed by atoms with Crippen molar-refractivity contribution >= 4 is 11.9 Å². The van der Waals surface area contributed by atoms with Crippen molar-refractivity contribution in [1.29, 1.82) is 0 Å². The lowest BCUT2D eigenvalue weighted by molar-refractivity contribution is -0.135. The van der Waals surface area contributed by atoms with Gasteiger partial charge in [-0.1, -0.05) is 62.4 Å². The molecule has 2 heterocycles. The predicted octanol–water partition coefficient (Wildman–Crippen LogP) is 4.04. The van der Waals surface area contributed by atoms with Gasteiger partial charge < -0.3 is 10.0 Å². The first-order chi connectivity index (χ1) is 15.4. The van der Waals surface area contributed by atoms with Gasteiger partial charge >= 0.3 is 5.97 Å². The molecule has 0 saturated carbocycles. The van der Waals surface area contributed by atoms with Crippen LogP contribution in [0.15, 0.2) is 60.3 Å². The molecule has 8 heteroatoms. The minimum absolute atomic E-state index is 0.0420. The fraction of sp³-hybridized carbons (Fsp3) is 0.292. The van der Waals surface area contributed by atoms with Gasteiger partial charge in [0.25, 0.3) is 0 Å². The topological polar surface area (TPSA) is 112 Å². The first-order valence-corrected chi connectivity index (χ1v) is 10.5. The summed E-state index contributed by atoms with van der Waals surface area (Å²) in [4.78, 5) is 25.9. The van der Waals surface area contributed by atoms with Crippen molar-refractivity contribution < 1.29 is 14.7 Å². The van der Waals surface area contributed by atoms with E-state index >= 15 is 0 Å². The quantitative estimate of drug-likeness (QED) is 0.570. The molecule has 2 aromatic carbocycles. The third-order valence-corrected chi connectivity index (χ3v) is 6.10. The molecule has 32 heavy (non-hydrogen) atoms. The van der Waals surface area contributed by atoms with E-state index in [9.17, 15) is 14.7 Å². The normalized spacial score (nSPS) is 20.0. The first kappa shape index (κ1) is 21.4. The second-order valence-electron chi connectivity index (χ2n) is 8.45. The summed E-state index contributed by atoms with van der Waals surface area (Å²) in [6.45, 7) is 4.41. The summed E-state index contributed by atoms with van der Waals surface area (Å²) < 4.78 is 0. The number of aromatic nitrogens is 4. The highest BCUT2D eigenvalue weighted by atomic mass is 16.4. The molecule has 0 radical (unpaired) electrons. The van der Waals surface area contributed by atoms with Crippen LogP contribution in [0.1, 0.15) is 38.7 Å². The summed E-state index contributed by atoms with van der Waals surface area (Å²) in [5, 5.41) is 23.6. The number of carbonyl (C=O) groups is 2. The van der Waals surface area contributed by atoms with E-state index in [2.05, 4.69) is 20.6 Å². The summed E-state index contributed by atoms with van der Waals surface area (Å²) in [6.07, 6.45) is 2.97. The Labute approximate surface area is 186 Å². The van der Waals surface area contributed by atoms with E-state index < -0.39 is 5.97 Å². The SMILES string of the molecule is CCC1(C)CC(=O)N(Cc2ccc(-c3ccccc3-c3nn[nH]n3)cc2)C(=CC(=O)O)C1. The summed E-state index contributed by atoms with van der Waals surface area (Å²) in [6, 6.07) is 15.7. The number of carbonyl (C=O) groups excluding carboxylic acids is 1. The zero-order valence-corrected chi connectivity index (χ0v) is 18.1. The van der Waals surface area contributed by atoms with Crippen molar-refractivity contribution in [3.8, 4) is 22.5 Å². The number of hydrogen-bond acceptors (Lipinski definition) is 5. The predicted molar refractivity (Wildman–Crippen MR) is 119 cm³/mol. The van der Waals surface area contributed by atoms with Gasteiger partial charge in [0.15, 0.2) is 0 Å². The number of aliphatic carboxylic acids is 1. The summed E-state index contributed by atoms with van der Waals surface area (Å²) in [7, 11) is 0. The van der Waals surface area contributed by atoms with Crippen molar-refractivity contribution in [2.24, 2.45) is 5.41 Å². The molecule has 0 aliphatic carbocycles. The van der Waals surface area contributed by atoms with Crippen LogP contribution in [0.5, 0.6) is 0 Å². The third-order valence-electron chi connectivity index (χ3n) is 6.10. The van der Waals surface area contributed by atoms with Gasteiger partial charge in [-0.3, -0.25) is 4.79 Å². The molecule has 0 bridgehead atoms. The fourth-order valence-electron chi connectivity index (χ4n) is 4.11. The standard InChI is InChI=1S/C24H25N5O3/c1-3-24(2)13-18(12-22(31)32)29(21(30)14-24)15-16-8-10-17(11-9-16)19-6-4-5-7-20(19)23-25-27-28-26-23/h4-12H,3,13-15H2,1-2H3,(H,31,32)(H,25,26,27,28). The minimum atomic E-state index is -1.04. The Kier molecular flexibility index (Phi) is 5.85. The van der Waals surface area contributed by atoms with E-state index in [0.717, 1.165) is 28.7 Å². The van der Waals surface area contributed by atoms with Crippen LogP contribution in [0.3, 0.4) is 0 Å². The van der Waals surface area contributed by atoms with Crippen LogP contribution in [0.2, 0.25) is 0 Å². The lowest BCUT2D eigenvalue weighted by Crippen LogP contribution is -2.41. The number of allylic oxidation sites excluding steroid dienone is 1. The van der Waals surface area contributed by atoms with Crippen molar-refractivity contribution in [3.05, 3.63) is 65.9 Å². The molecular formula is C24H25N5O3. The number of nitrogens with one attached hydrogen (secondary N) is 1.